The minimum absolute atomic E-state index is 0.166. The maximum absolute atomic E-state index is 6.15. The van der Waals surface area contributed by atoms with Gasteiger partial charge in [-0.2, -0.15) is 0 Å². The van der Waals surface area contributed by atoms with Gasteiger partial charge in [-0.3, -0.25) is 0 Å². The van der Waals surface area contributed by atoms with Crippen LogP contribution in [0.1, 0.15) is 80.8 Å². The van der Waals surface area contributed by atoms with Crippen LogP contribution in [0.3, 0.4) is 0 Å². The zero-order valence-corrected chi connectivity index (χ0v) is 14.4. The van der Waals surface area contributed by atoms with E-state index in [2.05, 4.69) is 26.1 Å². The van der Waals surface area contributed by atoms with Gasteiger partial charge in [0.2, 0.25) is 0 Å². The van der Waals surface area contributed by atoms with E-state index in [-0.39, 0.29) is 5.60 Å². The van der Waals surface area contributed by atoms with E-state index in [4.69, 9.17) is 9.72 Å². The second kappa shape index (κ2) is 6.35. The fourth-order valence-electron chi connectivity index (χ4n) is 2.98. The van der Waals surface area contributed by atoms with Crippen LogP contribution in [0.2, 0.25) is 0 Å². The van der Waals surface area contributed by atoms with Crippen LogP contribution in [-0.2, 0) is 16.9 Å². The van der Waals surface area contributed by atoms with E-state index < -0.39 is 0 Å². The summed E-state index contributed by atoms with van der Waals surface area (Å²) in [6.07, 6.45) is 7.34. The number of aromatic nitrogens is 1. The summed E-state index contributed by atoms with van der Waals surface area (Å²) >= 11 is 1.90. The van der Waals surface area contributed by atoms with Crippen molar-refractivity contribution in [1.82, 2.24) is 10.3 Å². The van der Waals surface area contributed by atoms with Crippen molar-refractivity contribution < 1.29 is 4.74 Å². The average molecular weight is 308 g/mol. The Morgan fingerprint density at radius 3 is 2.43 bits per heavy atom. The van der Waals surface area contributed by atoms with Gasteiger partial charge >= 0.3 is 0 Å². The lowest BCUT2D eigenvalue weighted by Gasteiger charge is -2.29. The fourth-order valence-corrected chi connectivity index (χ4v) is 4.36. The van der Waals surface area contributed by atoms with E-state index in [9.17, 15) is 0 Å². The third-order valence-electron chi connectivity index (χ3n) is 4.77. The molecule has 0 bridgehead atoms. The molecular weight excluding hydrogens is 280 g/mol. The van der Waals surface area contributed by atoms with E-state index >= 15 is 0 Å². The summed E-state index contributed by atoms with van der Waals surface area (Å²) < 4.78 is 6.15. The Labute approximate surface area is 132 Å². The minimum atomic E-state index is -0.166. The number of nitrogens with one attached hydrogen (secondary N) is 1. The lowest BCUT2D eigenvalue weighted by Crippen LogP contribution is -2.28. The summed E-state index contributed by atoms with van der Waals surface area (Å²) in [5, 5.41) is 4.87. The Balaban J connectivity index is 1.84. The highest BCUT2D eigenvalue weighted by Gasteiger charge is 2.37. The highest BCUT2D eigenvalue weighted by Crippen LogP contribution is 2.45. The highest BCUT2D eigenvalue weighted by molar-refractivity contribution is 7.11. The molecule has 2 aliphatic rings. The largest absolute Gasteiger partial charge is 0.368 e. The zero-order chi connectivity index (χ0) is 14.9. The van der Waals surface area contributed by atoms with Crippen LogP contribution in [0.25, 0.3) is 0 Å². The SMILES string of the molecule is CCOC(CC)(CC)c1nc(C2CC2)c(CNC2CC2)s1. The van der Waals surface area contributed by atoms with Gasteiger partial charge in [-0.1, -0.05) is 13.8 Å². The Hall–Kier alpha value is -0.450. The molecule has 0 radical (unpaired) electrons. The van der Waals surface area contributed by atoms with Gasteiger partial charge in [0.15, 0.2) is 0 Å². The third-order valence-corrected chi connectivity index (χ3v) is 6.03. The second-order valence-corrected chi connectivity index (χ2v) is 7.47. The summed E-state index contributed by atoms with van der Waals surface area (Å²) in [6, 6.07) is 0.761. The van der Waals surface area contributed by atoms with Gasteiger partial charge < -0.3 is 10.1 Å². The predicted octanol–water partition coefficient (Wildman–Crippen LogP) is 4.32. The van der Waals surface area contributed by atoms with Gasteiger partial charge in [-0.25, -0.2) is 4.98 Å². The number of ether oxygens (including phenoxy) is 1. The molecule has 0 amide bonds. The van der Waals surface area contributed by atoms with Crippen LogP contribution in [0.15, 0.2) is 0 Å². The first kappa shape index (κ1) is 15.4. The summed E-state index contributed by atoms with van der Waals surface area (Å²) in [6.45, 7) is 8.30. The van der Waals surface area contributed by atoms with E-state index in [0.717, 1.165) is 38.0 Å². The van der Waals surface area contributed by atoms with E-state index in [0.29, 0.717) is 0 Å². The van der Waals surface area contributed by atoms with Gasteiger partial charge in [0.05, 0.1) is 5.69 Å². The van der Waals surface area contributed by atoms with Crippen molar-refractivity contribution in [3.8, 4) is 0 Å². The first-order valence-corrected chi connectivity index (χ1v) is 9.41. The molecule has 3 nitrogen and oxygen atoms in total. The molecule has 2 saturated carbocycles. The van der Waals surface area contributed by atoms with E-state index in [1.165, 1.54) is 41.3 Å². The first-order valence-electron chi connectivity index (χ1n) is 8.59. The molecule has 1 N–H and O–H groups in total. The molecular formula is C17H28N2OS. The van der Waals surface area contributed by atoms with E-state index in [1.54, 1.807) is 0 Å². The summed E-state index contributed by atoms with van der Waals surface area (Å²) in [7, 11) is 0. The standard InChI is InChI=1S/C17H28N2OS/c1-4-17(5-2,20-6-3)16-19-15(12-7-8-12)14(21-16)11-18-13-9-10-13/h12-13,18H,4-11H2,1-3H3. The Morgan fingerprint density at radius 2 is 1.90 bits per heavy atom. The smallest absolute Gasteiger partial charge is 0.125 e. The Bertz CT molecular complexity index is 473. The second-order valence-electron chi connectivity index (χ2n) is 6.39. The number of hydrogen-bond acceptors (Lipinski definition) is 4. The first-order chi connectivity index (χ1) is 10.2. The third kappa shape index (κ3) is 3.33. The quantitative estimate of drug-likeness (QED) is 0.737. The van der Waals surface area contributed by atoms with Crippen molar-refractivity contribution in [2.45, 2.75) is 83.4 Å². The van der Waals surface area contributed by atoms with Gasteiger partial charge in [0, 0.05) is 30.0 Å². The van der Waals surface area contributed by atoms with Crippen LogP contribution in [0.5, 0.6) is 0 Å². The number of nitrogens with zero attached hydrogens (tertiary/aromatic N) is 1. The summed E-state index contributed by atoms with van der Waals surface area (Å²) in [5.41, 5.74) is 1.20. The molecule has 4 heteroatoms. The van der Waals surface area contributed by atoms with Crippen LogP contribution < -0.4 is 5.32 Å². The zero-order valence-electron chi connectivity index (χ0n) is 13.6. The van der Waals surface area contributed by atoms with Crippen molar-refractivity contribution >= 4 is 11.3 Å². The number of rotatable bonds is 9. The van der Waals surface area contributed by atoms with Crippen LogP contribution in [-0.4, -0.2) is 17.6 Å². The van der Waals surface area contributed by atoms with Crippen LogP contribution >= 0.6 is 11.3 Å². The normalized spacial score (nSPS) is 19.2. The molecule has 0 saturated heterocycles. The van der Waals surface area contributed by atoms with Crippen LogP contribution in [0.4, 0.5) is 0 Å². The highest BCUT2D eigenvalue weighted by atomic mass is 32.1. The van der Waals surface area contributed by atoms with Crippen molar-refractivity contribution in [3.05, 3.63) is 15.6 Å². The predicted molar refractivity (Wildman–Crippen MR) is 87.8 cm³/mol. The van der Waals surface area contributed by atoms with Gasteiger partial charge in [0.25, 0.3) is 0 Å². The maximum atomic E-state index is 6.15. The lowest BCUT2D eigenvalue weighted by molar-refractivity contribution is -0.0507. The molecule has 0 aromatic carbocycles. The average Bonchev–Trinajstić information content (AvgIpc) is 3.42. The molecule has 1 heterocycles. The molecule has 3 rings (SSSR count). The molecule has 0 unspecified atom stereocenters. The summed E-state index contributed by atoms with van der Waals surface area (Å²) in [5.74, 6) is 0.721. The molecule has 0 atom stereocenters. The van der Waals surface area contributed by atoms with Crippen molar-refractivity contribution in [3.63, 3.8) is 0 Å². The monoisotopic (exact) mass is 308 g/mol. The molecule has 118 valence electrons. The molecule has 0 spiro atoms. The Kier molecular flexibility index (Phi) is 4.67. The minimum Gasteiger partial charge on any atom is -0.368 e. The van der Waals surface area contributed by atoms with Gasteiger partial charge in [-0.05, 0) is 45.4 Å². The summed E-state index contributed by atoms with van der Waals surface area (Å²) in [4.78, 5) is 6.52. The van der Waals surface area contributed by atoms with Gasteiger partial charge in [-0.15, -0.1) is 11.3 Å². The number of hydrogen-bond donors (Lipinski definition) is 1. The molecule has 21 heavy (non-hydrogen) atoms. The van der Waals surface area contributed by atoms with Crippen molar-refractivity contribution in [2.75, 3.05) is 6.61 Å². The topological polar surface area (TPSA) is 34.1 Å². The van der Waals surface area contributed by atoms with Crippen molar-refractivity contribution in [2.24, 2.45) is 0 Å². The van der Waals surface area contributed by atoms with Crippen LogP contribution in [0, 0.1) is 0 Å². The van der Waals surface area contributed by atoms with E-state index in [1.807, 2.05) is 11.3 Å². The molecule has 1 aromatic rings. The number of thiazole rings is 1. The lowest BCUT2D eigenvalue weighted by atomic mass is 9.98. The van der Waals surface area contributed by atoms with Gasteiger partial charge in [0.1, 0.15) is 10.6 Å². The van der Waals surface area contributed by atoms with Crippen molar-refractivity contribution in [1.29, 1.82) is 0 Å². The molecule has 2 fully saturated rings. The molecule has 0 aliphatic heterocycles. The molecule has 2 aliphatic carbocycles. The fraction of sp³-hybridized carbons (Fsp3) is 0.824. The Morgan fingerprint density at radius 1 is 1.19 bits per heavy atom. The maximum Gasteiger partial charge on any atom is 0.125 e. The molecule has 1 aromatic heterocycles.